The lowest BCUT2D eigenvalue weighted by Crippen LogP contribution is -2.31. The minimum Gasteiger partial charge on any atom is -0.348 e. The van der Waals surface area contributed by atoms with Crippen LogP contribution in [-0.4, -0.2) is 21.2 Å². The third kappa shape index (κ3) is 4.04. The SMILES string of the molecule is Cc1ccc(C(NC(=O)CSc2nc3ccccc3n2C(F)F)C2CC2)cc1. The third-order valence-electron chi connectivity index (χ3n) is 4.94. The van der Waals surface area contributed by atoms with E-state index in [2.05, 4.69) is 10.3 Å². The molecule has 1 fully saturated rings. The maximum Gasteiger partial charge on any atom is 0.321 e. The van der Waals surface area contributed by atoms with Gasteiger partial charge in [-0.05, 0) is 43.4 Å². The molecular weight excluding hydrogens is 380 g/mol. The number of para-hydroxylation sites is 2. The number of hydrogen-bond donors (Lipinski definition) is 1. The zero-order chi connectivity index (χ0) is 19.7. The molecule has 2 aromatic carbocycles. The zero-order valence-electron chi connectivity index (χ0n) is 15.4. The van der Waals surface area contributed by atoms with Crippen LogP contribution in [0.5, 0.6) is 0 Å². The Morgan fingerprint density at radius 2 is 1.93 bits per heavy atom. The second kappa shape index (κ2) is 7.91. The van der Waals surface area contributed by atoms with Crippen molar-refractivity contribution in [1.29, 1.82) is 0 Å². The fourth-order valence-corrected chi connectivity index (χ4v) is 4.16. The molecule has 0 saturated heterocycles. The first kappa shape index (κ1) is 18.9. The van der Waals surface area contributed by atoms with Crippen LogP contribution in [-0.2, 0) is 4.79 Å². The van der Waals surface area contributed by atoms with Crippen molar-refractivity contribution < 1.29 is 13.6 Å². The first-order valence-corrected chi connectivity index (χ1v) is 10.3. The quantitative estimate of drug-likeness (QED) is 0.561. The van der Waals surface area contributed by atoms with Crippen molar-refractivity contribution in [2.24, 2.45) is 5.92 Å². The van der Waals surface area contributed by atoms with Crippen molar-refractivity contribution in [1.82, 2.24) is 14.9 Å². The molecule has 1 unspecified atom stereocenters. The third-order valence-corrected chi connectivity index (χ3v) is 5.89. The predicted molar refractivity (Wildman–Crippen MR) is 106 cm³/mol. The van der Waals surface area contributed by atoms with Crippen LogP contribution < -0.4 is 5.32 Å². The van der Waals surface area contributed by atoms with Gasteiger partial charge in [0.15, 0.2) is 5.16 Å². The van der Waals surface area contributed by atoms with E-state index in [0.29, 0.717) is 17.0 Å². The largest absolute Gasteiger partial charge is 0.348 e. The summed E-state index contributed by atoms with van der Waals surface area (Å²) in [5, 5.41) is 3.24. The Hall–Kier alpha value is -2.41. The van der Waals surface area contributed by atoms with Crippen LogP contribution in [0.1, 0.15) is 36.6 Å². The lowest BCUT2D eigenvalue weighted by atomic mass is 10.0. The van der Waals surface area contributed by atoms with Gasteiger partial charge in [0, 0.05) is 0 Å². The molecule has 1 aliphatic carbocycles. The number of fused-ring (bicyclic) bond motifs is 1. The van der Waals surface area contributed by atoms with E-state index in [1.165, 1.54) is 5.56 Å². The molecule has 3 aromatic rings. The van der Waals surface area contributed by atoms with E-state index in [9.17, 15) is 13.6 Å². The number of amides is 1. The molecule has 1 aliphatic rings. The first-order chi connectivity index (χ1) is 13.5. The van der Waals surface area contributed by atoms with Crippen LogP contribution in [0.2, 0.25) is 0 Å². The van der Waals surface area contributed by atoms with E-state index in [1.807, 2.05) is 31.2 Å². The van der Waals surface area contributed by atoms with Gasteiger partial charge in [-0.3, -0.25) is 9.36 Å². The predicted octanol–water partition coefficient (Wildman–Crippen LogP) is 5.10. The molecule has 1 atom stereocenters. The average molecular weight is 401 g/mol. The Bertz CT molecular complexity index is 983. The Kier molecular flexibility index (Phi) is 5.35. The number of imidazole rings is 1. The second-order valence-electron chi connectivity index (χ2n) is 7.11. The minimum atomic E-state index is -2.70. The number of nitrogens with zero attached hydrogens (tertiary/aromatic N) is 2. The number of alkyl halides is 2. The van der Waals surface area contributed by atoms with Gasteiger partial charge in [0.05, 0.1) is 22.8 Å². The Morgan fingerprint density at radius 1 is 1.21 bits per heavy atom. The van der Waals surface area contributed by atoms with E-state index < -0.39 is 6.55 Å². The van der Waals surface area contributed by atoms with Crippen molar-refractivity contribution in [3.05, 3.63) is 59.7 Å². The van der Waals surface area contributed by atoms with E-state index in [-0.39, 0.29) is 22.9 Å². The van der Waals surface area contributed by atoms with Crippen molar-refractivity contribution >= 4 is 28.7 Å². The second-order valence-corrected chi connectivity index (χ2v) is 8.06. The van der Waals surface area contributed by atoms with Crippen LogP contribution in [0.3, 0.4) is 0 Å². The van der Waals surface area contributed by atoms with E-state index in [1.54, 1.807) is 24.3 Å². The monoisotopic (exact) mass is 401 g/mol. The fraction of sp³-hybridized carbons (Fsp3) is 0.333. The smallest absolute Gasteiger partial charge is 0.321 e. The summed E-state index contributed by atoms with van der Waals surface area (Å²) in [5.41, 5.74) is 3.13. The summed E-state index contributed by atoms with van der Waals surface area (Å²) in [6.07, 6.45) is 2.18. The number of halogens is 2. The molecule has 1 saturated carbocycles. The van der Waals surface area contributed by atoms with Gasteiger partial charge in [0.25, 0.3) is 0 Å². The number of benzene rings is 2. The number of carbonyl (C=O) groups is 1. The van der Waals surface area contributed by atoms with Crippen molar-refractivity contribution in [3.63, 3.8) is 0 Å². The topological polar surface area (TPSA) is 46.9 Å². The van der Waals surface area contributed by atoms with Gasteiger partial charge in [-0.25, -0.2) is 4.98 Å². The number of aromatic nitrogens is 2. The molecule has 7 heteroatoms. The van der Waals surface area contributed by atoms with Gasteiger partial charge in [-0.2, -0.15) is 8.78 Å². The van der Waals surface area contributed by atoms with Crippen LogP contribution >= 0.6 is 11.8 Å². The lowest BCUT2D eigenvalue weighted by molar-refractivity contribution is -0.119. The molecule has 28 heavy (non-hydrogen) atoms. The molecule has 0 aliphatic heterocycles. The first-order valence-electron chi connectivity index (χ1n) is 9.27. The van der Waals surface area contributed by atoms with Gasteiger partial charge in [0.2, 0.25) is 5.91 Å². The highest BCUT2D eigenvalue weighted by Crippen LogP contribution is 2.41. The van der Waals surface area contributed by atoms with E-state index in [4.69, 9.17) is 0 Å². The molecule has 0 radical (unpaired) electrons. The van der Waals surface area contributed by atoms with Crippen LogP contribution in [0.15, 0.2) is 53.7 Å². The number of carbonyl (C=O) groups excluding carboxylic acids is 1. The van der Waals surface area contributed by atoms with E-state index >= 15 is 0 Å². The van der Waals surface area contributed by atoms with Crippen LogP contribution in [0.4, 0.5) is 8.78 Å². The molecule has 146 valence electrons. The number of rotatable bonds is 7. The average Bonchev–Trinajstić information content (AvgIpc) is 3.44. The summed E-state index contributed by atoms with van der Waals surface area (Å²) in [5.74, 6) is 0.322. The number of thioether (sulfide) groups is 1. The normalized spacial score (nSPS) is 15.1. The number of hydrogen-bond acceptors (Lipinski definition) is 3. The Labute approximate surface area is 166 Å². The van der Waals surface area contributed by atoms with Crippen molar-refractivity contribution in [2.45, 2.75) is 37.5 Å². The van der Waals surface area contributed by atoms with Gasteiger partial charge >= 0.3 is 6.55 Å². The maximum atomic E-state index is 13.5. The molecular formula is C21H21F2N3OS. The highest BCUT2D eigenvalue weighted by molar-refractivity contribution is 7.99. The van der Waals surface area contributed by atoms with E-state index in [0.717, 1.165) is 34.7 Å². The number of nitrogens with one attached hydrogen (secondary N) is 1. The summed E-state index contributed by atoms with van der Waals surface area (Å²) < 4.78 is 27.9. The maximum absolute atomic E-state index is 13.5. The van der Waals surface area contributed by atoms with Gasteiger partial charge in [0.1, 0.15) is 0 Å². The minimum absolute atomic E-state index is 0.0254. The molecule has 1 amide bonds. The van der Waals surface area contributed by atoms with Crippen LogP contribution in [0.25, 0.3) is 11.0 Å². The Morgan fingerprint density at radius 3 is 2.61 bits per heavy atom. The highest BCUT2D eigenvalue weighted by Gasteiger charge is 2.33. The lowest BCUT2D eigenvalue weighted by Gasteiger charge is -2.19. The molecule has 1 N–H and O–H groups in total. The highest BCUT2D eigenvalue weighted by atomic mass is 32.2. The van der Waals surface area contributed by atoms with Gasteiger partial charge < -0.3 is 5.32 Å². The molecule has 0 bridgehead atoms. The van der Waals surface area contributed by atoms with Gasteiger partial charge in [-0.1, -0.05) is 53.7 Å². The molecule has 4 rings (SSSR count). The summed E-state index contributed by atoms with van der Waals surface area (Å²) in [6.45, 7) is -0.676. The fourth-order valence-electron chi connectivity index (χ4n) is 3.33. The zero-order valence-corrected chi connectivity index (χ0v) is 16.3. The van der Waals surface area contributed by atoms with Crippen molar-refractivity contribution in [3.8, 4) is 0 Å². The summed E-state index contributed by atoms with van der Waals surface area (Å²) in [4.78, 5) is 16.8. The van der Waals surface area contributed by atoms with Gasteiger partial charge in [-0.15, -0.1) is 0 Å². The Balaban J connectivity index is 1.46. The standard InChI is InChI=1S/C21H21F2N3OS/c1-13-6-8-14(9-7-13)19(15-10-11-15)25-18(27)12-28-21-24-16-4-2-3-5-17(16)26(21)20(22)23/h2-9,15,19-20H,10-12H2,1H3,(H,25,27). The number of aryl methyl sites for hydroxylation is 1. The molecule has 1 heterocycles. The van der Waals surface area contributed by atoms with Crippen molar-refractivity contribution in [2.75, 3.05) is 5.75 Å². The molecule has 1 aromatic heterocycles. The summed E-state index contributed by atoms with van der Waals surface area (Å²) >= 11 is 1.04. The molecule has 4 nitrogen and oxygen atoms in total. The summed E-state index contributed by atoms with van der Waals surface area (Å²) in [6, 6.07) is 14.9. The van der Waals surface area contributed by atoms with Crippen LogP contribution in [0, 0.1) is 12.8 Å². The molecule has 0 spiro atoms. The summed E-state index contributed by atoms with van der Waals surface area (Å²) in [7, 11) is 0.